The molecule has 84 valence electrons. The number of furan rings is 2. The van der Waals surface area contributed by atoms with Gasteiger partial charge in [-0.15, -0.1) is 0 Å². The summed E-state index contributed by atoms with van der Waals surface area (Å²) in [5, 5.41) is 0.394. The Labute approximate surface area is 99.5 Å². The van der Waals surface area contributed by atoms with Gasteiger partial charge in [-0.2, -0.15) is 0 Å². The third-order valence-electron chi connectivity index (χ3n) is 2.55. The van der Waals surface area contributed by atoms with Crippen LogP contribution in [0.2, 0.25) is 5.22 Å². The van der Waals surface area contributed by atoms with Gasteiger partial charge in [-0.3, -0.25) is 0 Å². The molecule has 0 unspecified atom stereocenters. The van der Waals surface area contributed by atoms with Crippen molar-refractivity contribution in [3.63, 3.8) is 0 Å². The van der Waals surface area contributed by atoms with Crippen molar-refractivity contribution in [1.29, 1.82) is 0 Å². The molecule has 0 saturated carbocycles. The largest absolute Gasteiger partial charge is 0.464 e. The molecule has 0 aliphatic heterocycles. The maximum absolute atomic E-state index is 5.68. The molecule has 0 aromatic carbocycles. The van der Waals surface area contributed by atoms with Gasteiger partial charge in [0, 0.05) is 0 Å². The van der Waals surface area contributed by atoms with Crippen LogP contribution >= 0.6 is 11.6 Å². The zero-order valence-corrected chi connectivity index (χ0v) is 10.0. The van der Waals surface area contributed by atoms with E-state index >= 15 is 0 Å². The van der Waals surface area contributed by atoms with Crippen LogP contribution in [0, 0.1) is 6.92 Å². The number of halogens is 1. The molecule has 3 heteroatoms. The summed E-state index contributed by atoms with van der Waals surface area (Å²) in [6.45, 7) is 4.16. The van der Waals surface area contributed by atoms with Gasteiger partial charge in [-0.05, 0) is 60.4 Å². The van der Waals surface area contributed by atoms with E-state index in [1.165, 1.54) is 11.1 Å². The normalized spacial score (nSPS) is 11.4. The highest BCUT2D eigenvalue weighted by molar-refractivity contribution is 6.28. The fourth-order valence-electron chi connectivity index (χ4n) is 1.56. The van der Waals surface area contributed by atoms with Crippen LogP contribution in [0.1, 0.15) is 29.6 Å². The molecule has 0 aliphatic rings. The lowest BCUT2D eigenvalue weighted by molar-refractivity contribution is 0.550. The molecule has 2 nitrogen and oxygen atoms in total. The SMILES string of the molecule is CCc1coc(/C=C/c2ccc(Cl)o2)c1C. The molecular weight excluding hydrogens is 224 g/mol. The van der Waals surface area contributed by atoms with Crippen molar-refractivity contribution >= 4 is 23.8 Å². The molecule has 0 fully saturated rings. The van der Waals surface area contributed by atoms with E-state index < -0.39 is 0 Å². The maximum Gasteiger partial charge on any atom is 0.193 e. The Balaban J connectivity index is 2.20. The van der Waals surface area contributed by atoms with Gasteiger partial charge in [0.05, 0.1) is 6.26 Å². The first-order chi connectivity index (χ1) is 7.70. The summed E-state index contributed by atoms with van der Waals surface area (Å²) in [4.78, 5) is 0. The number of hydrogen-bond donors (Lipinski definition) is 0. The molecule has 0 aliphatic carbocycles. The van der Waals surface area contributed by atoms with E-state index in [9.17, 15) is 0 Å². The molecule has 0 saturated heterocycles. The summed E-state index contributed by atoms with van der Waals surface area (Å²) in [6.07, 6.45) is 6.51. The fourth-order valence-corrected chi connectivity index (χ4v) is 1.71. The lowest BCUT2D eigenvalue weighted by Crippen LogP contribution is -1.79. The Morgan fingerprint density at radius 3 is 2.69 bits per heavy atom. The third-order valence-corrected chi connectivity index (χ3v) is 2.76. The molecule has 0 radical (unpaired) electrons. The van der Waals surface area contributed by atoms with Crippen molar-refractivity contribution in [2.45, 2.75) is 20.3 Å². The van der Waals surface area contributed by atoms with Crippen LogP contribution in [-0.2, 0) is 6.42 Å². The van der Waals surface area contributed by atoms with Crippen molar-refractivity contribution in [3.8, 4) is 0 Å². The lowest BCUT2D eigenvalue weighted by atomic mass is 10.1. The fraction of sp³-hybridized carbons (Fsp3) is 0.231. The first-order valence-electron chi connectivity index (χ1n) is 5.21. The summed E-state index contributed by atoms with van der Waals surface area (Å²) < 4.78 is 10.7. The molecule has 2 rings (SSSR count). The van der Waals surface area contributed by atoms with Crippen LogP contribution in [0.15, 0.2) is 27.2 Å². The first-order valence-corrected chi connectivity index (χ1v) is 5.59. The molecular formula is C13H13ClO2. The Morgan fingerprint density at radius 1 is 1.31 bits per heavy atom. The average molecular weight is 237 g/mol. The Morgan fingerprint density at radius 2 is 2.12 bits per heavy atom. The quantitative estimate of drug-likeness (QED) is 0.781. The molecule has 0 bridgehead atoms. The molecule has 0 atom stereocenters. The van der Waals surface area contributed by atoms with Crippen LogP contribution < -0.4 is 0 Å². The zero-order chi connectivity index (χ0) is 11.5. The van der Waals surface area contributed by atoms with Gasteiger partial charge >= 0.3 is 0 Å². The van der Waals surface area contributed by atoms with Crippen molar-refractivity contribution < 1.29 is 8.83 Å². The van der Waals surface area contributed by atoms with Gasteiger partial charge in [-0.1, -0.05) is 6.92 Å². The van der Waals surface area contributed by atoms with E-state index in [4.69, 9.17) is 20.4 Å². The molecule has 0 amide bonds. The van der Waals surface area contributed by atoms with E-state index in [0.29, 0.717) is 5.22 Å². The van der Waals surface area contributed by atoms with Crippen LogP contribution in [-0.4, -0.2) is 0 Å². The minimum atomic E-state index is 0.394. The lowest BCUT2D eigenvalue weighted by Gasteiger charge is -1.91. The van der Waals surface area contributed by atoms with E-state index in [2.05, 4.69) is 13.8 Å². The molecule has 2 heterocycles. The highest BCUT2D eigenvalue weighted by atomic mass is 35.5. The third kappa shape index (κ3) is 2.22. The summed E-state index contributed by atoms with van der Waals surface area (Å²) in [5.41, 5.74) is 2.41. The van der Waals surface area contributed by atoms with Crippen molar-refractivity contribution in [2.24, 2.45) is 0 Å². The standard InChI is InChI=1S/C13H13ClO2/c1-3-10-8-15-12(9(10)2)6-4-11-5-7-13(14)16-11/h4-8H,3H2,1-2H3/b6-4+. The monoisotopic (exact) mass is 236 g/mol. The second kappa shape index (κ2) is 4.62. The highest BCUT2D eigenvalue weighted by Gasteiger charge is 2.04. The Kier molecular flexibility index (Phi) is 3.20. The van der Waals surface area contributed by atoms with Crippen molar-refractivity contribution in [3.05, 3.63) is 46.3 Å². The average Bonchev–Trinajstić information content (AvgIpc) is 2.83. The van der Waals surface area contributed by atoms with E-state index in [1.807, 2.05) is 18.2 Å². The van der Waals surface area contributed by atoms with Gasteiger partial charge < -0.3 is 8.83 Å². The van der Waals surface area contributed by atoms with E-state index in [0.717, 1.165) is 17.9 Å². The van der Waals surface area contributed by atoms with E-state index in [-0.39, 0.29) is 0 Å². The number of rotatable bonds is 3. The second-order valence-electron chi connectivity index (χ2n) is 3.58. The summed E-state index contributed by atoms with van der Waals surface area (Å²) in [7, 11) is 0. The molecule has 2 aromatic rings. The van der Waals surface area contributed by atoms with Gasteiger partial charge in [0.25, 0.3) is 0 Å². The number of aryl methyl sites for hydroxylation is 1. The molecule has 16 heavy (non-hydrogen) atoms. The Bertz CT molecular complexity index is 506. The predicted octanol–water partition coefficient (Wildman–Crippen LogP) is 4.57. The Hall–Kier alpha value is -1.41. The topological polar surface area (TPSA) is 26.3 Å². The molecule has 2 aromatic heterocycles. The van der Waals surface area contributed by atoms with Crippen molar-refractivity contribution in [2.75, 3.05) is 0 Å². The summed E-state index contributed by atoms with van der Waals surface area (Å²) in [5.74, 6) is 1.59. The van der Waals surface area contributed by atoms with Crippen LogP contribution in [0.5, 0.6) is 0 Å². The van der Waals surface area contributed by atoms with Crippen LogP contribution in [0.4, 0.5) is 0 Å². The van der Waals surface area contributed by atoms with Gasteiger partial charge in [0.2, 0.25) is 0 Å². The second-order valence-corrected chi connectivity index (χ2v) is 3.95. The minimum Gasteiger partial charge on any atom is -0.464 e. The summed E-state index contributed by atoms with van der Waals surface area (Å²) in [6, 6.07) is 3.53. The highest BCUT2D eigenvalue weighted by Crippen LogP contribution is 2.20. The first kappa shape index (κ1) is 11.1. The van der Waals surface area contributed by atoms with Gasteiger partial charge in [0.15, 0.2) is 5.22 Å². The van der Waals surface area contributed by atoms with Gasteiger partial charge in [-0.25, -0.2) is 0 Å². The number of hydrogen-bond acceptors (Lipinski definition) is 2. The molecule has 0 spiro atoms. The molecule has 0 N–H and O–H groups in total. The van der Waals surface area contributed by atoms with E-state index in [1.54, 1.807) is 12.3 Å². The minimum absolute atomic E-state index is 0.394. The van der Waals surface area contributed by atoms with Crippen LogP contribution in [0.3, 0.4) is 0 Å². The predicted molar refractivity (Wildman–Crippen MR) is 65.5 cm³/mol. The van der Waals surface area contributed by atoms with Crippen molar-refractivity contribution in [1.82, 2.24) is 0 Å². The van der Waals surface area contributed by atoms with Gasteiger partial charge in [0.1, 0.15) is 11.5 Å². The zero-order valence-electron chi connectivity index (χ0n) is 9.29. The maximum atomic E-state index is 5.68. The summed E-state index contributed by atoms with van der Waals surface area (Å²) >= 11 is 5.68. The van der Waals surface area contributed by atoms with Crippen LogP contribution in [0.25, 0.3) is 12.2 Å². The smallest absolute Gasteiger partial charge is 0.193 e.